The lowest BCUT2D eigenvalue weighted by atomic mass is 10.1. The number of aryl methyl sites for hydroxylation is 1. The fraction of sp³-hybridized carbons (Fsp3) is 0.200. The van der Waals surface area contributed by atoms with E-state index >= 15 is 0 Å². The third kappa shape index (κ3) is 3.65. The fourth-order valence-corrected chi connectivity index (χ4v) is 2.25. The Hall–Kier alpha value is -1.78. The molecule has 2 aromatic carbocycles. The van der Waals surface area contributed by atoms with Crippen LogP contribution in [0.15, 0.2) is 36.4 Å². The molecule has 2 aromatic rings. The Morgan fingerprint density at radius 1 is 1.19 bits per heavy atom. The van der Waals surface area contributed by atoms with Crippen molar-refractivity contribution in [3.8, 4) is 11.5 Å². The lowest BCUT2D eigenvalue weighted by Crippen LogP contribution is -1.96. The van der Waals surface area contributed by atoms with Crippen molar-refractivity contribution in [3.05, 3.63) is 62.7 Å². The van der Waals surface area contributed by atoms with E-state index in [0.29, 0.717) is 17.2 Å². The Morgan fingerprint density at radius 3 is 2.57 bits per heavy atom. The third-order valence-electron chi connectivity index (χ3n) is 3.02. The molecule has 0 bridgehead atoms. The molecule has 4 nitrogen and oxygen atoms in total. The standard InChI is InChI=1S/C15H13Cl2NO3/c1-2-10-3-6-14(13(7-10)18(19)20)21-15-8-12(17)5-4-11(15)9-16/h3-8H,2,9H2,1H3. The van der Waals surface area contributed by atoms with E-state index in [2.05, 4.69) is 0 Å². The van der Waals surface area contributed by atoms with Gasteiger partial charge in [0.05, 0.1) is 10.8 Å². The maximum atomic E-state index is 11.2. The summed E-state index contributed by atoms with van der Waals surface area (Å²) in [6.07, 6.45) is 0.714. The number of nitro groups is 1. The molecule has 0 atom stereocenters. The highest BCUT2D eigenvalue weighted by atomic mass is 35.5. The van der Waals surface area contributed by atoms with Crippen LogP contribution < -0.4 is 4.74 Å². The van der Waals surface area contributed by atoms with Gasteiger partial charge in [-0.15, -0.1) is 11.6 Å². The Bertz CT molecular complexity index is 674. The molecular formula is C15H13Cl2NO3. The number of ether oxygens (including phenoxy) is 1. The van der Waals surface area contributed by atoms with Gasteiger partial charge < -0.3 is 4.74 Å². The van der Waals surface area contributed by atoms with E-state index in [0.717, 1.165) is 11.1 Å². The van der Waals surface area contributed by atoms with E-state index in [9.17, 15) is 10.1 Å². The topological polar surface area (TPSA) is 52.4 Å². The first-order valence-corrected chi connectivity index (χ1v) is 7.26. The third-order valence-corrected chi connectivity index (χ3v) is 3.54. The first-order valence-electron chi connectivity index (χ1n) is 6.34. The summed E-state index contributed by atoms with van der Waals surface area (Å²) in [5, 5.41) is 11.7. The smallest absolute Gasteiger partial charge is 0.311 e. The van der Waals surface area contributed by atoms with Crippen LogP contribution in [0.25, 0.3) is 0 Å². The van der Waals surface area contributed by atoms with Crippen molar-refractivity contribution in [1.29, 1.82) is 0 Å². The highest BCUT2D eigenvalue weighted by molar-refractivity contribution is 6.30. The first-order chi connectivity index (χ1) is 10.0. The average molecular weight is 326 g/mol. The lowest BCUT2D eigenvalue weighted by Gasteiger charge is -2.11. The van der Waals surface area contributed by atoms with Crippen LogP contribution in [0, 0.1) is 10.1 Å². The van der Waals surface area contributed by atoms with Crippen molar-refractivity contribution in [3.63, 3.8) is 0 Å². The Labute approximate surface area is 132 Å². The van der Waals surface area contributed by atoms with Gasteiger partial charge in [0.15, 0.2) is 0 Å². The van der Waals surface area contributed by atoms with Gasteiger partial charge in [-0.2, -0.15) is 0 Å². The van der Waals surface area contributed by atoms with Crippen molar-refractivity contribution >= 4 is 28.9 Å². The SMILES string of the molecule is CCc1ccc(Oc2cc(Cl)ccc2CCl)c([N+](=O)[O-])c1. The van der Waals surface area contributed by atoms with Crippen LogP contribution in [-0.2, 0) is 12.3 Å². The van der Waals surface area contributed by atoms with Gasteiger partial charge in [-0.05, 0) is 30.2 Å². The predicted molar refractivity (Wildman–Crippen MR) is 83.6 cm³/mol. The quantitative estimate of drug-likeness (QED) is 0.423. The summed E-state index contributed by atoms with van der Waals surface area (Å²) in [7, 11) is 0. The van der Waals surface area contributed by atoms with Gasteiger partial charge in [0.1, 0.15) is 5.75 Å². The molecule has 0 amide bonds. The molecule has 0 fully saturated rings. The number of hydrogen-bond donors (Lipinski definition) is 0. The number of benzene rings is 2. The molecule has 0 unspecified atom stereocenters. The maximum Gasteiger partial charge on any atom is 0.311 e. The summed E-state index contributed by atoms with van der Waals surface area (Å²) < 4.78 is 5.66. The second kappa shape index (κ2) is 6.78. The summed E-state index contributed by atoms with van der Waals surface area (Å²) in [5.41, 5.74) is 1.52. The molecule has 21 heavy (non-hydrogen) atoms. The molecule has 0 aliphatic rings. The van der Waals surface area contributed by atoms with Crippen molar-refractivity contribution in [2.75, 3.05) is 0 Å². The van der Waals surface area contributed by atoms with E-state index in [1.807, 2.05) is 6.92 Å². The monoisotopic (exact) mass is 325 g/mol. The van der Waals surface area contributed by atoms with Gasteiger partial charge in [-0.25, -0.2) is 0 Å². The van der Waals surface area contributed by atoms with Gasteiger partial charge in [-0.3, -0.25) is 10.1 Å². The molecule has 0 radical (unpaired) electrons. The molecule has 0 saturated heterocycles. The second-order valence-corrected chi connectivity index (χ2v) is 5.10. The zero-order valence-electron chi connectivity index (χ0n) is 11.3. The second-order valence-electron chi connectivity index (χ2n) is 4.40. The van der Waals surface area contributed by atoms with E-state index in [4.69, 9.17) is 27.9 Å². The molecule has 2 rings (SSSR count). The zero-order chi connectivity index (χ0) is 15.4. The van der Waals surface area contributed by atoms with Crippen LogP contribution in [0.5, 0.6) is 11.5 Å². The number of nitro benzene ring substituents is 1. The van der Waals surface area contributed by atoms with E-state index in [1.54, 1.807) is 30.3 Å². The maximum absolute atomic E-state index is 11.2. The van der Waals surface area contributed by atoms with Crippen molar-refractivity contribution in [2.24, 2.45) is 0 Å². The molecule has 0 aliphatic heterocycles. The molecule has 6 heteroatoms. The van der Waals surface area contributed by atoms with Gasteiger partial charge >= 0.3 is 5.69 Å². The highest BCUT2D eigenvalue weighted by Crippen LogP contribution is 2.35. The number of hydrogen-bond acceptors (Lipinski definition) is 3. The molecular weight excluding hydrogens is 313 g/mol. The number of nitrogens with zero attached hydrogens (tertiary/aromatic N) is 1. The molecule has 0 saturated carbocycles. The van der Waals surface area contributed by atoms with Crippen LogP contribution in [0.4, 0.5) is 5.69 Å². The highest BCUT2D eigenvalue weighted by Gasteiger charge is 2.17. The van der Waals surface area contributed by atoms with Crippen LogP contribution in [0.3, 0.4) is 0 Å². The van der Waals surface area contributed by atoms with E-state index < -0.39 is 4.92 Å². The molecule has 110 valence electrons. The Kier molecular flexibility index (Phi) is 5.04. The minimum atomic E-state index is -0.459. The lowest BCUT2D eigenvalue weighted by molar-refractivity contribution is -0.385. The van der Waals surface area contributed by atoms with Crippen molar-refractivity contribution in [1.82, 2.24) is 0 Å². The summed E-state index contributed by atoms with van der Waals surface area (Å²) in [6.45, 7) is 1.93. The van der Waals surface area contributed by atoms with Gasteiger partial charge in [-0.1, -0.05) is 30.7 Å². The summed E-state index contributed by atoms with van der Waals surface area (Å²) >= 11 is 11.8. The largest absolute Gasteiger partial charge is 0.450 e. The Morgan fingerprint density at radius 2 is 1.95 bits per heavy atom. The van der Waals surface area contributed by atoms with E-state index in [-0.39, 0.29) is 17.3 Å². The fourth-order valence-electron chi connectivity index (χ4n) is 1.86. The summed E-state index contributed by atoms with van der Waals surface area (Å²) in [6, 6.07) is 9.93. The first kappa shape index (κ1) is 15.6. The minimum absolute atomic E-state index is 0.0742. The Balaban J connectivity index is 2.44. The van der Waals surface area contributed by atoms with E-state index in [1.165, 1.54) is 6.07 Å². The minimum Gasteiger partial charge on any atom is -0.450 e. The van der Waals surface area contributed by atoms with Crippen LogP contribution in [0.2, 0.25) is 5.02 Å². The van der Waals surface area contributed by atoms with Crippen LogP contribution in [0.1, 0.15) is 18.1 Å². The van der Waals surface area contributed by atoms with Gasteiger partial charge in [0.25, 0.3) is 0 Å². The number of halogens is 2. The number of rotatable bonds is 5. The van der Waals surface area contributed by atoms with Crippen LogP contribution in [-0.4, -0.2) is 4.92 Å². The average Bonchev–Trinajstić information content (AvgIpc) is 2.47. The summed E-state index contributed by atoms with van der Waals surface area (Å²) in [5.74, 6) is 0.823. The van der Waals surface area contributed by atoms with Gasteiger partial charge in [0.2, 0.25) is 5.75 Å². The molecule has 0 aromatic heterocycles. The zero-order valence-corrected chi connectivity index (χ0v) is 12.8. The summed E-state index contributed by atoms with van der Waals surface area (Å²) in [4.78, 5) is 10.7. The normalized spacial score (nSPS) is 10.4. The van der Waals surface area contributed by atoms with Crippen LogP contribution >= 0.6 is 23.2 Å². The van der Waals surface area contributed by atoms with Gasteiger partial charge in [0, 0.05) is 16.7 Å². The number of alkyl halides is 1. The van der Waals surface area contributed by atoms with Crippen molar-refractivity contribution < 1.29 is 9.66 Å². The molecule has 0 spiro atoms. The van der Waals surface area contributed by atoms with Crippen molar-refractivity contribution in [2.45, 2.75) is 19.2 Å². The molecule has 0 N–H and O–H groups in total. The molecule has 0 heterocycles. The predicted octanol–water partition coefficient (Wildman–Crippen LogP) is 5.34. The molecule has 0 aliphatic carbocycles.